The van der Waals surface area contributed by atoms with E-state index in [1.165, 1.54) is 148 Å². The Balaban J connectivity index is 2.58. The van der Waals surface area contributed by atoms with E-state index in [2.05, 4.69) is 99.0 Å². The van der Waals surface area contributed by atoms with Crippen molar-refractivity contribution in [2.24, 2.45) is 0 Å². The Morgan fingerprint density at radius 3 is 1.27 bits per heavy atom. The van der Waals surface area contributed by atoms with Gasteiger partial charge in [0.2, 0.25) is 5.91 Å². The molecule has 0 spiro atoms. The smallest absolute Gasteiger partial charge is 0.306 e. The quantitative estimate of drug-likeness (QED) is 0.0195. The lowest BCUT2D eigenvalue weighted by atomic mass is 9.99. The predicted octanol–water partition coefficient (Wildman–Crippen LogP) is 17.3. The zero-order valence-corrected chi connectivity index (χ0v) is 53.3. The normalized spacial score (nSPS) is 19.1. The molecule has 0 saturated carbocycles. The molecule has 0 aromatic carbocycles. The summed E-state index contributed by atoms with van der Waals surface area (Å²) in [4.78, 5) is 26.6. The van der Waals surface area contributed by atoms with E-state index in [4.69, 9.17) is 14.2 Å². The summed E-state index contributed by atoms with van der Waals surface area (Å²) >= 11 is 0. The number of allylic oxidation sites excluding steroid dienone is 13. The van der Waals surface area contributed by atoms with Crippen molar-refractivity contribution in [3.63, 3.8) is 0 Å². The number of hydrogen-bond acceptors (Lipinski definition) is 10. The molecule has 1 rings (SSSR count). The maximum atomic E-state index is 13.5. The standard InChI is InChI=1S/C72H127NO10/c1-4-7-10-13-16-19-22-24-26-28-29-30-31-32-33-34-35-36-38-39-41-44-47-50-53-56-59-65(76)71(80)73-63(64(75)58-55-52-49-46-43-21-18-15-12-9-6-3)62-81-72-70(69(79)68(78)66(61-74)82-72)83-67(77)60-57-54-51-48-45-42-40-37-27-25-23-20-17-14-11-8-5-2/h16-17,19-20,24-27,29-30,32-33,55,58,63-66,68-70,72,74-76,78-79H,4-15,18,21-23,28,31,34-54,56-57,59-62H2,1-3H3,(H,73,80)/b19-16-,20-17-,26-24-,27-25-,30-29-,33-32-,58-55+. The minimum atomic E-state index is -1.62. The second-order valence-corrected chi connectivity index (χ2v) is 23.6. The van der Waals surface area contributed by atoms with E-state index in [1.807, 2.05) is 6.08 Å². The van der Waals surface area contributed by atoms with Crippen LogP contribution in [0.4, 0.5) is 0 Å². The number of carbonyl (C=O) groups is 2. The van der Waals surface area contributed by atoms with Crippen molar-refractivity contribution in [1.29, 1.82) is 0 Å². The van der Waals surface area contributed by atoms with Gasteiger partial charge in [-0.25, -0.2) is 0 Å². The highest BCUT2D eigenvalue weighted by molar-refractivity contribution is 5.80. The minimum absolute atomic E-state index is 0.112. The van der Waals surface area contributed by atoms with Gasteiger partial charge in [0.15, 0.2) is 12.4 Å². The van der Waals surface area contributed by atoms with Crippen LogP contribution in [0.25, 0.3) is 0 Å². The number of aliphatic hydroxyl groups is 5. The first-order valence-electron chi connectivity index (χ1n) is 34.4. The number of esters is 1. The first-order chi connectivity index (χ1) is 40.7. The van der Waals surface area contributed by atoms with Crippen LogP contribution in [0.2, 0.25) is 0 Å². The van der Waals surface area contributed by atoms with Crippen LogP contribution < -0.4 is 5.32 Å². The molecule has 1 heterocycles. The summed E-state index contributed by atoms with van der Waals surface area (Å²) in [7, 11) is 0. The summed E-state index contributed by atoms with van der Waals surface area (Å²) in [5, 5.41) is 57.1. The molecule has 0 radical (unpaired) electrons. The van der Waals surface area contributed by atoms with Crippen LogP contribution in [0.3, 0.4) is 0 Å². The zero-order chi connectivity index (χ0) is 60.3. The van der Waals surface area contributed by atoms with E-state index in [9.17, 15) is 35.1 Å². The Morgan fingerprint density at radius 2 is 0.831 bits per heavy atom. The van der Waals surface area contributed by atoms with Gasteiger partial charge in [0.05, 0.1) is 25.4 Å². The van der Waals surface area contributed by atoms with E-state index < -0.39 is 67.4 Å². The fourth-order valence-corrected chi connectivity index (χ4v) is 10.3. The molecule has 6 N–H and O–H groups in total. The maximum Gasteiger partial charge on any atom is 0.306 e. The molecule has 0 aromatic rings. The lowest BCUT2D eigenvalue weighted by Crippen LogP contribution is -2.61. The molecule has 1 fully saturated rings. The number of ether oxygens (including phenoxy) is 3. The first-order valence-corrected chi connectivity index (χ1v) is 34.4. The van der Waals surface area contributed by atoms with E-state index in [1.54, 1.807) is 6.08 Å². The number of unbranched alkanes of at least 4 members (excludes halogenated alkanes) is 32. The van der Waals surface area contributed by atoms with Crippen LogP contribution >= 0.6 is 0 Å². The molecule has 0 aliphatic carbocycles. The van der Waals surface area contributed by atoms with Gasteiger partial charge < -0.3 is 45.1 Å². The zero-order valence-electron chi connectivity index (χ0n) is 53.3. The lowest BCUT2D eigenvalue weighted by molar-refractivity contribution is -0.305. The summed E-state index contributed by atoms with van der Waals surface area (Å²) in [5.74, 6) is -1.20. The number of hydrogen-bond donors (Lipinski definition) is 6. The Kier molecular flexibility index (Phi) is 55.5. The Bertz CT molecular complexity index is 1670. The molecule has 480 valence electrons. The lowest BCUT2D eigenvalue weighted by Gasteiger charge is -2.41. The van der Waals surface area contributed by atoms with Crippen molar-refractivity contribution >= 4 is 11.9 Å². The molecule has 8 unspecified atom stereocenters. The van der Waals surface area contributed by atoms with Gasteiger partial charge in [-0.3, -0.25) is 9.59 Å². The molecule has 0 bridgehead atoms. The Hall–Kier alpha value is -3.16. The van der Waals surface area contributed by atoms with Gasteiger partial charge >= 0.3 is 5.97 Å². The highest BCUT2D eigenvalue weighted by Gasteiger charge is 2.47. The van der Waals surface area contributed by atoms with Gasteiger partial charge in [0.1, 0.15) is 24.4 Å². The van der Waals surface area contributed by atoms with E-state index in [-0.39, 0.29) is 19.4 Å². The number of aliphatic hydroxyl groups excluding tert-OH is 5. The fourth-order valence-electron chi connectivity index (χ4n) is 10.3. The highest BCUT2D eigenvalue weighted by Crippen LogP contribution is 2.26. The van der Waals surface area contributed by atoms with Crippen molar-refractivity contribution < 1.29 is 49.3 Å². The molecule has 8 atom stereocenters. The van der Waals surface area contributed by atoms with E-state index >= 15 is 0 Å². The summed E-state index contributed by atoms with van der Waals surface area (Å²) in [6, 6.07) is -1.03. The molecule has 11 heteroatoms. The molecular weight excluding hydrogens is 1040 g/mol. The first kappa shape index (κ1) is 77.9. The van der Waals surface area contributed by atoms with Crippen molar-refractivity contribution in [3.8, 4) is 0 Å². The average molecular weight is 1170 g/mol. The van der Waals surface area contributed by atoms with Crippen molar-refractivity contribution in [2.75, 3.05) is 13.2 Å². The predicted molar refractivity (Wildman–Crippen MR) is 347 cm³/mol. The highest BCUT2D eigenvalue weighted by atomic mass is 16.7. The van der Waals surface area contributed by atoms with E-state index in [0.29, 0.717) is 12.8 Å². The minimum Gasteiger partial charge on any atom is -0.454 e. The van der Waals surface area contributed by atoms with E-state index in [0.717, 1.165) is 103 Å². The molecule has 1 amide bonds. The van der Waals surface area contributed by atoms with Crippen molar-refractivity contribution in [3.05, 3.63) is 85.1 Å². The second kappa shape index (κ2) is 59.2. The third-order valence-corrected chi connectivity index (χ3v) is 15.8. The number of nitrogens with one attached hydrogen (secondary N) is 1. The van der Waals surface area contributed by atoms with Gasteiger partial charge in [-0.2, -0.15) is 0 Å². The topological polar surface area (TPSA) is 175 Å². The van der Waals surface area contributed by atoms with Crippen LogP contribution in [-0.2, 0) is 23.8 Å². The average Bonchev–Trinajstić information content (AvgIpc) is 3.62. The van der Waals surface area contributed by atoms with Crippen molar-refractivity contribution in [2.45, 2.75) is 346 Å². The number of amides is 1. The fraction of sp³-hybridized carbons (Fsp3) is 0.778. The van der Waals surface area contributed by atoms with Gasteiger partial charge in [-0.15, -0.1) is 0 Å². The van der Waals surface area contributed by atoms with Gasteiger partial charge in [-0.05, 0) is 103 Å². The largest absolute Gasteiger partial charge is 0.454 e. The molecule has 83 heavy (non-hydrogen) atoms. The summed E-state index contributed by atoms with van der Waals surface area (Å²) < 4.78 is 17.6. The monoisotopic (exact) mass is 1170 g/mol. The van der Waals surface area contributed by atoms with Gasteiger partial charge in [0, 0.05) is 6.42 Å². The molecule has 0 aromatic heterocycles. The molecule has 1 aliphatic heterocycles. The number of carbonyl (C=O) groups excluding carboxylic acids is 2. The SMILES string of the molecule is CCCCC/C=C\C/C=C\C/C=C\C/C=C\CCCCCCCCCCCCC(O)C(=O)NC(COC1OC(CO)C(O)C(O)C1OC(=O)CCCCCCCCC/C=C\C/C=C\CCCCC)C(O)/C=C/CCCCCCCCCCC. The Labute approximate surface area is 508 Å². The van der Waals surface area contributed by atoms with Crippen LogP contribution in [-0.4, -0.2) is 99.6 Å². The van der Waals surface area contributed by atoms with Gasteiger partial charge in [0.25, 0.3) is 0 Å². The second-order valence-electron chi connectivity index (χ2n) is 23.6. The summed E-state index contributed by atoms with van der Waals surface area (Å²) in [6.07, 6.45) is 67.6. The molecule has 1 aliphatic rings. The molecular formula is C72H127NO10. The molecule has 11 nitrogen and oxygen atoms in total. The third kappa shape index (κ3) is 46.7. The Morgan fingerprint density at radius 1 is 0.470 bits per heavy atom. The maximum absolute atomic E-state index is 13.5. The van der Waals surface area contributed by atoms with Crippen molar-refractivity contribution in [1.82, 2.24) is 5.32 Å². The third-order valence-electron chi connectivity index (χ3n) is 15.8. The van der Waals surface area contributed by atoms with Crippen LogP contribution in [0.1, 0.15) is 297 Å². The van der Waals surface area contributed by atoms with Crippen LogP contribution in [0.5, 0.6) is 0 Å². The van der Waals surface area contributed by atoms with Crippen LogP contribution in [0.15, 0.2) is 85.1 Å². The number of rotatable bonds is 58. The summed E-state index contributed by atoms with van der Waals surface area (Å²) in [5.41, 5.74) is 0. The summed E-state index contributed by atoms with van der Waals surface area (Å²) in [6.45, 7) is 5.74. The molecule has 1 saturated heterocycles. The van der Waals surface area contributed by atoms with Crippen LogP contribution in [0, 0.1) is 0 Å². The van der Waals surface area contributed by atoms with Gasteiger partial charge in [-0.1, -0.05) is 273 Å².